The molecular weight excluding hydrogens is 273 g/mol. The fourth-order valence-electron chi connectivity index (χ4n) is 2.00. The molecule has 19 heavy (non-hydrogen) atoms. The first kappa shape index (κ1) is 14.0. The smallest absolute Gasteiger partial charge is 0.169 e. The zero-order valence-corrected chi connectivity index (χ0v) is 11.0. The molecule has 1 aliphatic heterocycles. The molecule has 0 amide bonds. The first-order valence-corrected chi connectivity index (χ1v) is 6.24. The predicted molar refractivity (Wildman–Crippen MR) is 69.8 cm³/mol. The van der Waals surface area contributed by atoms with Crippen molar-refractivity contribution in [2.45, 2.75) is 12.6 Å². The third kappa shape index (κ3) is 3.34. The van der Waals surface area contributed by atoms with Crippen LogP contribution < -0.4 is 5.73 Å². The Labute approximate surface area is 115 Å². The van der Waals surface area contributed by atoms with E-state index in [9.17, 15) is 4.39 Å². The third-order valence-corrected chi connectivity index (χ3v) is 3.39. The van der Waals surface area contributed by atoms with E-state index < -0.39 is 6.10 Å². The van der Waals surface area contributed by atoms with Gasteiger partial charge < -0.3 is 15.7 Å². The first-order valence-electron chi connectivity index (χ1n) is 5.86. The van der Waals surface area contributed by atoms with Crippen LogP contribution in [0.15, 0.2) is 23.4 Å². The standard InChI is InChI=1S/C12H15ClFN3O2/c13-9-2-1-3-10(14)8(9)6-17-4-5-19-11(7-17)12(15)16-18/h1-3,11,18H,4-7H2,(H2,15,16). The molecule has 0 radical (unpaired) electrons. The minimum atomic E-state index is -0.482. The van der Waals surface area contributed by atoms with Gasteiger partial charge >= 0.3 is 0 Å². The minimum absolute atomic E-state index is 0.0179. The van der Waals surface area contributed by atoms with Gasteiger partial charge in [-0.25, -0.2) is 4.39 Å². The lowest BCUT2D eigenvalue weighted by molar-refractivity contribution is 0.00106. The molecule has 0 aromatic heterocycles. The van der Waals surface area contributed by atoms with E-state index >= 15 is 0 Å². The molecule has 2 rings (SSSR count). The Morgan fingerprint density at radius 1 is 1.63 bits per heavy atom. The van der Waals surface area contributed by atoms with E-state index in [1.54, 1.807) is 12.1 Å². The number of hydrogen-bond acceptors (Lipinski definition) is 4. The monoisotopic (exact) mass is 287 g/mol. The molecule has 1 aromatic rings. The van der Waals surface area contributed by atoms with E-state index in [2.05, 4.69) is 5.16 Å². The second kappa shape index (κ2) is 6.18. The number of nitrogens with zero attached hydrogens (tertiary/aromatic N) is 2. The van der Waals surface area contributed by atoms with Crippen molar-refractivity contribution in [2.24, 2.45) is 10.9 Å². The molecule has 1 aromatic carbocycles. The highest BCUT2D eigenvalue weighted by atomic mass is 35.5. The van der Waals surface area contributed by atoms with Crippen LogP contribution in [0.1, 0.15) is 5.56 Å². The minimum Gasteiger partial charge on any atom is -0.409 e. The van der Waals surface area contributed by atoms with Gasteiger partial charge in [0.2, 0.25) is 0 Å². The highest BCUT2D eigenvalue weighted by Crippen LogP contribution is 2.21. The number of benzene rings is 1. The maximum absolute atomic E-state index is 13.7. The Balaban J connectivity index is 2.07. The predicted octanol–water partition coefficient (Wildman–Crippen LogP) is 1.43. The number of hydrogen-bond donors (Lipinski definition) is 2. The molecule has 7 heteroatoms. The van der Waals surface area contributed by atoms with Crippen LogP contribution in [0.25, 0.3) is 0 Å². The number of rotatable bonds is 3. The van der Waals surface area contributed by atoms with Crippen molar-refractivity contribution in [3.05, 3.63) is 34.6 Å². The summed E-state index contributed by atoms with van der Waals surface area (Å²) in [7, 11) is 0. The number of morpholine rings is 1. The second-order valence-electron chi connectivity index (χ2n) is 4.32. The number of nitrogens with two attached hydrogens (primary N) is 1. The van der Waals surface area contributed by atoms with Crippen LogP contribution in [0.4, 0.5) is 4.39 Å². The van der Waals surface area contributed by atoms with Gasteiger partial charge in [0.15, 0.2) is 5.84 Å². The quantitative estimate of drug-likeness (QED) is 0.382. The Hall–Kier alpha value is -1.37. The number of oxime groups is 1. The summed E-state index contributed by atoms with van der Waals surface area (Å²) in [4.78, 5) is 1.95. The van der Waals surface area contributed by atoms with Crippen LogP contribution in [-0.4, -0.2) is 41.7 Å². The lowest BCUT2D eigenvalue weighted by Crippen LogP contribution is -2.48. The van der Waals surface area contributed by atoms with Crippen molar-refractivity contribution in [1.82, 2.24) is 4.90 Å². The fourth-order valence-corrected chi connectivity index (χ4v) is 2.22. The molecule has 0 spiro atoms. The molecule has 1 fully saturated rings. The molecule has 1 saturated heterocycles. The van der Waals surface area contributed by atoms with Gasteiger partial charge in [-0.2, -0.15) is 0 Å². The van der Waals surface area contributed by atoms with Gasteiger partial charge in [0.1, 0.15) is 11.9 Å². The summed E-state index contributed by atoms with van der Waals surface area (Å²) in [5.74, 6) is -0.316. The molecule has 1 atom stereocenters. The van der Waals surface area contributed by atoms with Gasteiger partial charge in [0.05, 0.1) is 6.61 Å². The van der Waals surface area contributed by atoms with Crippen LogP contribution in [0.2, 0.25) is 5.02 Å². The average molecular weight is 288 g/mol. The van der Waals surface area contributed by atoms with Crippen molar-refractivity contribution in [2.75, 3.05) is 19.7 Å². The van der Waals surface area contributed by atoms with E-state index in [0.717, 1.165) is 0 Å². The van der Waals surface area contributed by atoms with Gasteiger partial charge in [-0.3, -0.25) is 4.90 Å². The van der Waals surface area contributed by atoms with Crippen LogP contribution >= 0.6 is 11.6 Å². The average Bonchev–Trinajstić information content (AvgIpc) is 2.42. The lowest BCUT2D eigenvalue weighted by Gasteiger charge is -2.32. The third-order valence-electron chi connectivity index (χ3n) is 3.04. The van der Waals surface area contributed by atoms with E-state index in [4.69, 9.17) is 27.3 Å². The molecule has 104 valence electrons. The van der Waals surface area contributed by atoms with E-state index in [1.165, 1.54) is 6.07 Å². The summed E-state index contributed by atoms with van der Waals surface area (Å²) in [6.07, 6.45) is -0.482. The Morgan fingerprint density at radius 3 is 3.11 bits per heavy atom. The van der Waals surface area contributed by atoms with Gasteiger partial charge in [0, 0.05) is 30.2 Å². The highest BCUT2D eigenvalue weighted by Gasteiger charge is 2.25. The molecule has 0 aliphatic carbocycles. The maximum Gasteiger partial charge on any atom is 0.169 e. The summed E-state index contributed by atoms with van der Waals surface area (Å²) in [6, 6.07) is 4.60. The number of ether oxygens (including phenoxy) is 1. The van der Waals surface area contributed by atoms with E-state index in [-0.39, 0.29) is 11.7 Å². The Kier molecular flexibility index (Phi) is 4.57. The molecule has 0 saturated carbocycles. The van der Waals surface area contributed by atoms with Gasteiger partial charge in [0.25, 0.3) is 0 Å². The summed E-state index contributed by atoms with van der Waals surface area (Å²) in [5, 5.41) is 12.0. The van der Waals surface area contributed by atoms with Crippen molar-refractivity contribution >= 4 is 17.4 Å². The summed E-state index contributed by atoms with van der Waals surface area (Å²) >= 11 is 5.99. The molecule has 1 aliphatic rings. The van der Waals surface area contributed by atoms with Crippen molar-refractivity contribution in [3.8, 4) is 0 Å². The first-order chi connectivity index (χ1) is 9.11. The van der Waals surface area contributed by atoms with Gasteiger partial charge in [-0.05, 0) is 12.1 Å². The summed E-state index contributed by atoms with van der Waals surface area (Å²) < 4.78 is 19.1. The number of halogens is 2. The largest absolute Gasteiger partial charge is 0.409 e. The van der Waals surface area contributed by atoms with E-state index in [0.29, 0.717) is 36.8 Å². The maximum atomic E-state index is 13.7. The molecular formula is C12H15ClFN3O2. The second-order valence-corrected chi connectivity index (χ2v) is 4.73. The lowest BCUT2D eigenvalue weighted by atomic mass is 10.1. The topological polar surface area (TPSA) is 71.1 Å². The Morgan fingerprint density at radius 2 is 2.42 bits per heavy atom. The zero-order chi connectivity index (χ0) is 13.8. The molecule has 1 unspecified atom stereocenters. The summed E-state index contributed by atoms with van der Waals surface area (Å²) in [6.45, 7) is 1.87. The van der Waals surface area contributed by atoms with Crippen LogP contribution in [0.5, 0.6) is 0 Å². The van der Waals surface area contributed by atoms with Crippen molar-refractivity contribution in [3.63, 3.8) is 0 Å². The Bertz CT molecular complexity index is 464. The van der Waals surface area contributed by atoms with Crippen LogP contribution in [-0.2, 0) is 11.3 Å². The SMILES string of the molecule is NC(=NO)C1CN(Cc2c(F)cccc2Cl)CCO1. The molecule has 5 nitrogen and oxygen atoms in total. The van der Waals surface area contributed by atoms with Gasteiger partial charge in [-0.1, -0.05) is 22.8 Å². The van der Waals surface area contributed by atoms with Gasteiger partial charge in [-0.15, -0.1) is 0 Å². The number of amidine groups is 1. The van der Waals surface area contributed by atoms with Crippen molar-refractivity contribution in [1.29, 1.82) is 0 Å². The van der Waals surface area contributed by atoms with Crippen LogP contribution in [0, 0.1) is 5.82 Å². The zero-order valence-electron chi connectivity index (χ0n) is 10.2. The van der Waals surface area contributed by atoms with E-state index in [1.807, 2.05) is 4.90 Å². The molecule has 0 bridgehead atoms. The normalized spacial score (nSPS) is 21.6. The molecule has 3 N–H and O–H groups in total. The van der Waals surface area contributed by atoms with Crippen molar-refractivity contribution < 1.29 is 14.3 Å². The fraction of sp³-hybridized carbons (Fsp3) is 0.417. The molecule has 1 heterocycles. The highest BCUT2D eigenvalue weighted by molar-refractivity contribution is 6.31. The van der Waals surface area contributed by atoms with Crippen LogP contribution in [0.3, 0.4) is 0 Å². The summed E-state index contributed by atoms with van der Waals surface area (Å²) in [5.41, 5.74) is 5.96.